The van der Waals surface area contributed by atoms with Gasteiger partial charge in [0.1, 0.15) is 34.7 Å². The van der Waals surface area contributed by atoms with Crippen LogP contribution in [0, 0.1) is 53.3 Å². The summed E-state index contributed by atoms with van der Waals surface area (Å²) in [7, 11) is 1.58. The van der Waals surface area contributed by atoms with E-state index in [1.165, 1.54) is 63.4 Å². The van der Waals surface area contributed by atoms with Crippen molar-refractivity contribution in [3.8, 4) is 23.0 Å². The Hall–Kier alpha value is -3.74. The maximum atomic E-state index is 13.3. The Labute approximate surface area is 322 Å². The van der Waals surface area contributed by atoms with Crippen LogP contribution in [0.5, 0.6) is 23.0 Å². The minimum absolute atomic E-state index is 0.113. The van der Waals surface area contributed by atoms with Gasteiger partial charge in [0.15, 0.2) is 6.61 Å². The fraction of sp³-hybridized carbons (Fsp3) is 0.617. The molecule has 0 saturated heterocycles. The summed E-state index contributed by atoms with van der Waals surface area (Å²) in [5, 5.41) is 0.360. The maximum absolute atomic E-state index is 13.3. The molecule has 0 amide bonds. The van der Waals surface area contributed by atoms with Gasteiger partial charge in [-0.15, -0.1) is 0 Å². The molecule has 7 heteroatoms. The molecule has 3 aromatic rings. The lowest BCUT2D eigenvalue weighted by atomic mass is 9.44. The van der Waals surface area contributed by atoms with E-state index in [0.29, 0.717) is 39.4 Å². The average Bonchev–Trinajstić information content (AvgIpc) is 3.15. The molecule has 3 saturated carbocycles. The first-order chi connectivity index (χ1) is 25.9. The molecule has 0 unspecified atom stereocenters. The predicted octanol–water partition coefficient (Wildman–Crippen LogP) is 11.6. The van der Waals surface area contributed by atoms with E-state index in [-0.39, 0.29) is 35.3 Å². The highest BCUT2D eigenvalue weighted by atomic mass is 16.6. The SMILES string of the molecule is COc1cccc(Oc2c(C)oc3cc(OCC(=O)O[C@@H]4CC[C@@]5(C)C(=CC[C@@H]6[C@H]7CC[C@H]([C@H](C)CCCC(C)C)C[C@@]7(C)CC[C@@H]65)C4)ccc3c2=O)c1. The van der Waals surface area contributed by atoms with E-state index < -0.39 is 0 Å². The third-order valence-electron chi connectivity index (χ3n) is 14.3. The molecule has 1 heterocycles. The zero-order chi connectivity index (χ0) is 38.2. The summed E-state index contributed by atoms with van der Waals surface area (Å²) in [4.78, 5) is 26.4. The number of esters is 1. The fourth-order valence-corrected chi connectivity index (χ4v) is 11.2. The first kappa shape index (κ1) is 38.5. The van der Waals surface area contributed by atoms with E-state index in [0.717, 1.165) is 54.8 Å². The minimum Gasteiger partial charge on any atom is -0.497 e. The molecule has 7 nitrogen and oxygen atoms in total. The van der Waals surface area contributed by atoms with Crippen molar-refractivity contribution in [2.24, 2.45) is 46.3 Å². The lowest BCUT2D eigenvalue weighted by molar-refractivity contribution is -0.154. The quantitative estimate of drug-likeness (QED) is 0.135. The number of benzene rings is 2. The van der Waals surface area contributed by atoms with E-state index in [4.69, 9.17) is 23.4 Å². The Morgan fingerprint density at radius 1 is 0.944 bits per heavy atom. The van der Waals surface area contributed by atoms with E-state index in [2.05, 4.69) is 40.7 Å². The second kappa shape index (κ2) is 15.8. The van der Waals surface area contributed by atoms with Gasteiger partial charge in [0, 0.05) is 18.6 Å². The number of hydrogen-bond acceptors (Lipinski definition) is 7. The average molecular weight is 739 g/mol. The molecule has 0 bridgehead atoms. The topological polar surface area (TPSA) is 84.2 Å². The molecule has 3 fully saturated rings. The van der Waals surface area contributed by atoms with E-state index >= 15 is 0 Å². The molecule has 4 aliphatic carbocycles. The summed E-state index contributed by atoms with van der Waals surface area (Å²) in [6, 6.07) is 12.0. The summed E-state index contributed by atoms with van der Waals surface area (Å²) in [5.41, 5.74) is 2.27. The Kier molecular flexibility index (Phi) is 11.3. The molecule has 1 aromatic heterocycles. The highest BCUT2D eigenvalue weighted by molar-refractivity contribution is 5.80. The summed E-state index contributed by atoms with van der Waals surface area (Å²) < 4.78 is 29.0. The number of allylic oxidation sites excluding steroid dienone is 1. The summed E-state index contributed by atoms with van der Waals surface area (Å²) in [6.45, 7) is 13.9. The second-order valence-electron chi connectivity index (χ2n) is 18.2. The third kappa shape index (κ3) is 7.84. The molecule has 0 radical (unpaired) electrons. The van der Waals surface area contributed by atoms with Crippen molar-refractivity contribution in [2.75, 3.05) is 13.7 Å². The van der Waals surface area contributed by atoms with Crippen LogP contribution >= 0.6 is 0 Å². The van der Waals surface area contributed by atoms with Crippen molar-refractivity contribution in [3.63, 3.8) is 0 Å². The van der Waals surface area contributed by atoms with Gasteiger partial charge in [-0.05, 0) is 129 Å². The highest BCUT2D eigenvalue weighted by Gasteiger charge is 2.56. The van der Waals surface area contributed by atoms with Gasteiger partial charge in [-0.1, -0.05) is 71.6 Å². The van der Waals surface area contributed by atoms with E-state index in [9.17, 15) is 9.59 Å². The Bertz CT molecular complexity index is 1910. The largest absolute Gasteiger partial charge is 0.497 e. The van der Waals surface area contributed by atoms with Crippen LogP contribution in [0.15, 0.2) is 63.3 Å². The van der Waals surface area contributed by atoms with Crippen molar-refractivity contribution in [1.82, 2.24) is 0 Å². The molecule has 8 atom stereocenters. The molecule has 0 aliphatic heterocycles. The monoisotopic (exact) mass is 738 g/mol. The second-order valence-corrected chi connectivity index (χ2v) is 18.2. The molecule has 0 N–H and O–H groups in total. The van der Waals surface area contributed by atoms with Gasteiger partial charge < -0.3 is 23.4 Å². The van der Waals surface area contributed by atoms with Crippen molar-refractivity contribution < 1.29 is 28.2 Å². The predicted molar refractivity (Wildman–Crippen MR) is 213 cm³/mol. The third-order valence-corrected chi connectivity index (χ3v) is 14.3. The normalized spacial score (nSPS) is 29.7. The van der Waals surface area contributed by atoms with Gasteiger partial charge in [-0.25, -0.2) is 4.79 Å². The van der Waals surface area contributed by atoms with Crippen LogP contribution in [-0.2, 0) is 9.53 Å². The Morgan fingerprint density at radius 2 is 1.76 bits per heavy atom. The van der Waals surface area contributed by atoms with Crippen LogP contribution in [-0.4, -0.2) is 25.8 Å². The number of hydrogen-bond donors (Lipinski definition) is 0. The number of carbonyl (C=O) groups excluding carboxylic acids is 1. The van der Waals surface area contributed by atoms with Crippen LogP contribution in [0.3, 0.4) is 0 Å². The van der Waals surface area contributed by atoms with Crippen molar-refractivity contribution >= 4 is 16.9 Å². The Morgan fingerprint density at radius 3 is 2.56 bits per heavy atom. The number of carbonyl (C=O) groups is 1. The number of methoxy groups -OCH3 is 1. The van der Waals surface area contributed by atoms with Gasteiger partial charge in [0.2, 0.25) is 11.2 Å². The summed E-state index contributed by atoms with van der Waals surface area (Å²) in [5.74, 6) is 6.50. The first-order valence-corrected chi connectivity index (χ1v) is 20.8. The molecule has 7 rings (SSSR count). The molecular formula is C47H62O7. The standard InChI is InChI=1S/C47H62O7/c1-29(2)10-8-11-30(3)32-14-19-40-38-17-15-33-24-37(20-23-47(33,6)41(38)21-22-46(40,5)27-32)53-43(48)28-51-35-16-18-39-42(26-35)52-31(4)45(44(39)49)54-36-13-9-12-34(25-36)50-7/h9,12-13,15-16,18,25-26,29-30,32,37-38,40-41H,8,10-11,14,17,19-24,27-28H2,1-7H3/t30-,32+,37-,38-,40-,41+,46-,47+/m1/s1. The zero-order valence-corrected chi connectivity index (χ0v) is 33.7. The molecule has 54 heavy (non-hydrogen) atoms. The van der Waals surface area contributed by atoms with Crippen molar-refractivity contribution in [3.05, 3.63) is 70.1 Å². The van der Waals surface area contributed by atoms with Crippen LogP contribution in [0.2, 0.25) is 0 Å². The van der Waals surface area contributed by atoms with Crippen LogP contribution in [0.25, 0.3) is 11.0 Å². The lowest BCUT2D eigenvalue weighted by Crippen LogP contribution is -2.52. The Balaban J connectivity index is 0.933. The van der Waals surface area contributed by atoms with Gasteiger partial charge in [-0.3, -0.25) is 4.79 Å². The molecule has 2 aromatic carbocycles. The van der Waals surface area contributed by atoms with Gasteiger partial charge in [-0.2, -0.15) is 0 Å². The van der Waals surface area contributed by atoms with Gasteiger partial charge in [0.25, 0.3) is 0 Å². The molecule has 4 aliphatic rings. The number of aryl methyl sites for hydroxylation is 1. The molecule has 0 spiro atoms. The van der Waals surface area contributed by atoms with E-state index in [1.807, 2.05) is 0 Å². The molecular weight excluding hydrogens is 677 g/mol. The summed E-state index contributed by atoms with van der Waals surface area (Å²) >= 11 is 0. The molecule has 292 valence electrons. The number of ether oxygens (including phenoxy) is 4. The van der Waals surface area contributed by atoms with Crippen LogP contribution < -0.4 is 19.6 Å². The maximum Gasteiger partial charge on any atom is 0.344 e. The fourth-order valence-electron chi connectivity index (χ4n) is 11.2. The summed E-state index contributed by atoms with van der Waals surface area (Å²) in [6.07, 6.45) is 17.5. The van der Waals surface area contributed by atoms with Crippen molar-refractivity contribution in [2.45, 2.75) is 125 Å². The zero-order valence-electron chi connectivity index (χ0n) is 33.7. The van der Waals surface area contributed by atoms with Crippen molar-refractivity contribution in [1.29, 1.82) is 0 Å². The van der Waals surface area contributed by atoms with Crippen LogP contribution in [0.1, 0.15) is 117 Å². The lowest BCUT2D eigenvalue weighted by Gasteiger charge is -2.61. The first-order valence-electron chi connectivity index (χ1n) is 20.8. The highest BCUT2D eigenvalue weighted by Crippen LogP contribution is 2.65. The van der Waals surface area contributed by atoms with Crippen LogP contribution in [0.4, 0.5) is 0 Å². The minimum atomic E-state index is -0.374. The van der Waals surface area contributed by atoms with Gasteiger partial charge in [0.05, 0.1) is 12.5 Å². The smallest absolute Gasteiger partial charge is 0.344 e. The van der Waals surface area contributed by atoms with Gasteiger partial charge >= 0.3 is 5.97 Å². The number of fused-ring (bicyclic) bond motifs is 6. The number of rotatable bonds is 12. The van der Waals surface area contributed by atoms with E-state index in [1.54, 1.807) is 56.5 Å².